The zero-order valence-corrected chi connectivity index (χ0v) is 16.7. The van der Waals surface area contributed by atoms with Crippen molar-refractivity contribution in [3.63, 3.8) is 0 Å². The third kappa shape index (κ3) is 4.55. The summed E-state index contributed by atoms with van der Waals surface area (Å²) < 4.78 is 60.8. The van der Waals surface area contributed by atoms with Crippen molar-refractivity contribution in [2.45, 2.75) is 6.18 Å². The van der Waals surface area contributed by atoms with E-state index in [9.17, 15) is 22.8 Å². The van der Waals surface area contributed by atoms with Gasteiger partial charge in [-0.15, -0.1) is 0 Å². The van der Waals surface area contributed by atoms with Crippen LogP contribution in [-0.2, 0) is 0 Å². The van der Waals surface area contributed by atoms with Crippen molar-refractivity contribution in [1.29, 1.82) is 5.26 Å². The standard InChI is InChI=1S/C20H10Cl2F4N4O/c21-10-3-1-4-11(7-10)29-19(20(24,25)26)13(9-28)18-12(8-27)17(30-31-18)16-14(22)5-2-6-15(16)23/h1-7,9H,28H2. The summed E-state index contributed by atoms with van der Waals surface area (Å²) in [4.78, 5) is 3.59. The maximum Gasteiger partial charge on any atom is 0.434 e. The predicted octanol–water partition coefficient (Wildman–Crippen LogP) is 6.29. The first-order chi connectivity index (χ1) is 14.7. The van der Waals surface area contributed by atoms with Gasteiger partial charge in [0.1, 0.15) is 23.1 Å². The molecule has 2 aromatic carbocycles. The quantitative estimate of drug-likeness (QED) is 0.359. The van der Waals surface area contributed by atoms with Gasteiger partial charge in [0, 0.05) is 11.2 Å². The molecule has 11 heteroatoms. The fourth-order valence-electron chi connectivity index (χ4n) is 2.69. The van der Waals surface area contributed by atoms with E-state index in [0.717, 1.165) is 6.07 Å². The van der Waals surface area contributed by atoms with Gasteiger partial charge in [-0.25, -0.2) is 9.38 Å². The number of aromatic nitrogens is 1. The van der Waals surface area contributed by atoms with Crippen LogP contribution in [0.4, 0.5) is 23.2 Å². The Bertz CT molecular complexity index is 1220. The van der Waals surface area contributed by atoms with Crippen molar-refractivity contribution in [2.75, 3.05) is 0 Å². The summed E-state index contributed by atoms with van der Waals surface area (Å²) in [6.45, 7) is 0. The summed E-state index contributed by atoms with van der Waals surface area (Å²) in [5.41, 5.74) is 1.94. The minimum absolute atomic E-state index is 0.113. The van der Waals surface area contributed by atoms with Gasteiger partial charge < -0.3 is 10.3 Å². The summed E-state index contributed by atoms with van der Waals surface area (Å²) in [5, 5.41) is 13.2. The molecule has 0 aliphatic heterocycles. The number of hydrogen-bond donors (Lipinski definition) is 1. The molecule has 0 bridgehead atoms. The number of benzene rings is 2. The lowest BCUT2D eigenvalue weighted by Crippen LogP contribution is -2.25. The molecule has 31 heavy (non-hydrogen) atoms. The molecule has 158 valence electrons. The summed E-state index contributed by atoms with van der Waals surface area (Å²) >= 11 is 11.8. The number of nitrogens with two attached hydrogens (primary N) is 1. The van der Waals surface area contributed by atoms with E-state index in [4.69, 9.17) is 33.5 Å². The summed E-state index contributed by atoms with van der Waals surface area (Å²) in [6.07, 6.45) is -4.42. The van der Waals surface area contributed by atoms with E-state index in [0.29, 0.717) is 6.20 Å². The Morgan fingerprint density at radius 3 is 2.48 bits per heavy atom. The molecule has 1 heterocycles. The highest BCUT2D eigenvalue weighted by Gasteiger charge is 2.41. The number of allylic oxidation sites excluding steroid dienone is 1. The molecule has 0 radical (unpaired) electrons. The molecule has 5 nitrogen and oxygen atoms in total. The van der Waals surface area contributed by atoms with Crippen LogP contribution in [0.1, 0.15) is 11.3 Å². The van der Waals surface area contributed by atoms with Crippen molar-refractivity contribution >= 4 is 40.2 Å². The maximum atomic E-state index is 14.3. The van der Waals surface area contributed by atoms with E-state index in [1.165, 1.54) is 36.4 Å². The molecule has 2 N–H and O–H groups in total. The fourth-order valence-corrected chi connectivity index (χ4v) is 3.12. The van der Waals surface area contributed by atoms with Crippen molar-refractivity contribution in [3.8, 4) is 17.3 Å². The Morgan fingerprint density at radius 1 is 1.19 bits per heavy atom. The van der Waals surface area contributed by atoms with Crippen molar-refractivity contribution < 1.29 is 22.1 Å². The smallest absolute Gasteiger partial charge is 0.404 e. The number of halogens is 6. The number of aliphatic imine (C=N–C) groups is 1. The van der Waals surface area contributed by atoms with E-state index in [2.05, 4.69) is 10.1 Å². The molecule has 0 spiro atoms. The van der Waals surface area contributed by atoms with E-state index >= 15 is 0 Å². The largest absolute Gasteiger partial charge is 0.434 e. The second kappa shape index (κ2) is 8.79. The van der Waals surface area contributed by atoms with Gasteiger partial charge in [0.2, 0.25) is 0 Å². The molecule has 3 rings (SSSR count). The Morgan fingerprint density at radius 2 is 1.90 bits per heavy atom. The lowest BCUT2D eigenvalue weighted by atomic mass is 10.0. The number of nitriles is 1. The van der Waals surface area contributed by atoms with Crippen LogP contribution in [0, 0.1) is 17.1 Å². The Hall–Kier alpha value is -3.35. The van der Waals surface area contributed by atoms with Gasteiger partial charge in [-0.2, -0.15) is 18.4 Å². The molecule has 0 saturated carbocycles. The van der Waals surface area contributed by atoms with Crippen LogP contribution in [0.3, 0.4) is 0 Å². The lowest BCUT2D eigenvalue weighted by molar-refractivity contribution is -0.0571. The minimum Gasteiger partial charge on any atom is -0.404 e. The van der Waals surface area contributed by atoms with Crippen molar-refractivity contribution in [1.82, 2.24) is 5.16 Å². The molecule has 1 aromatic heterocycles. The molecule has 3 aromatic rings. The van der Waals surface area contributed by atoms with Gasteiger partial charge in [0.15, 0.2) is 11.5 Å². The SMILES string of the molecule is N#Cc1c(-c2c(F)cccc2Cl)noc1C(=CN)C(=Nc1cccc(Cl)c1)C(F)(F)F. The lowest BCUT2D eigenvalue weighted by Gasteiger charge is -2.12. The van der Waals surface area contributed by atoms with E-state index in [1.807, 2.05) is 0 Å². The average Bonchev–Trinajstić information content (AvgIpc) is 3.10. The highest BCUT2D eigenvalue weighted by molar-refractivity contribution is 6.33. The summed E-state index contributed by atoms with van der Waals surface area (Å²) in [5.74, 6) is -1.48. The first kappa shape index (κ1) is 22.3. The first-order valence-corrected chi connectivity index (χ1v) is 9.11. The molecule has 0 atom stereocenters. The van der Waals surface area contributed by atoms with Gasteiger partial charge in [-0.1, -0.05) is 40.5 Å². The third-order valence-electron chi connectivity index (χ3n) is 3.99. The van der Waals surface area contributed by atoms with Gasteiger partial charge in [-0.05, 0) is 30.3 Å². The summed E-state index contributed by atoms with van der Waals surface area (Å²) in [6, 6.07) is 10.7. The van der Waals surface area contributed by atoms with Gasteiger partial charge in [0.05, 0.1) is 21.8 Å². The molecule has 0 amide bonds. The molecule has 0 unspecified atom stereocenters. The van der Waals surface area contributed by atoms with Gasteiger partial charge in [0.25, 0.3) is 0 Å². The molecule has 0 fully saturated rings. The number of rotatable bonds is 4. The topological polar surface area (TPSA) is 88.2 Å². The molecule has 0 saturated heterocycles. The van der Waals surface area contributed by atoms with Crippen molar-refractivity contribution in [3.05, 3.63) is 75.9 Å². The monoisotopic (exact) mass is 468 g/mol. The zero-order valence-electron chi connectivity index (χ0n) is 15.2. The Balaban J connectivity index is 2.22. The third-order valence-corrected chi connectivity index (χ3v) is 4.54. The second-order valence-electron chi connectivity index (χ2n) is 5.96. The van der Waals surface area contributed by atoms with Crippen LogP contribution in [0.2, 0.25) is 10.0 Å². The van der Waals surface area contributed by atoms with E-state index in [-0.39, 0.29) is 27.0 Å². The number of hydrogen-bond acceptors (Lipinski definition) is 5. The van der Waals surface area contributed by atoms with Crippen molar-refractivity contribution in [2.24, 2.45) is 10.7 Å². The fraction of sp³-hybridized carbons (Fsp3) is 0.0500. The van der Waals surface area contributed by atoms with E-state index in [1.54, 1.807) is 6.07 Å². The van der Waals surface area contributed by atoms with Crippen LogP contribution >= 0.6 is 23.2 Å². The maximum absolute atomic E-state index is 14.3. The van der Waals surface area contributed by atoms with E-state index < -0.39 is 34.6 Å². The number of alkyl halides is 3. The van der Waals surface area contributed by atoms with Gasteiger partial charge in [-0.3, -0.25) is 0 Å². The molecular formula is C20H10Cl2F4N4O. The molecular weight excluding hydrogens is 459 g/mol. The van der Waals surface area contributed by atoms with Crippen LogP contribution in [0.5, 0.6) is 0 Å². The average molecular weight is 469 g/mol. The Kier molecular flexibility index (Phi) is 6.34. The van der Waals surface area contributed by atoms with Crippen LogP contribution in [0.15, 0.2) is 58.2 Å². The Labute approximate surface area is 183 Å². The minimum atomic E-state index is -5.00. The van der Waals surface area contributed by atoms with Crippen LogP contribution in [0.25, 0.3) is 16.8 Å². The first-order valence-electron chi connectivity index (χ1n) is 8.35. The molecule has 0 aliphatic rings. The summed E-state index contributed by atoms with van der Waals surface area (Å²) in [7, 11) is 0. The highest BCUT2D eigenvalue weighted by Crippen LogP contribution is 2.38. The molecule has 0 aliphatic carbocycles. The zero-order chi connectivity index (χ0) is 22.8. The van der Waals surface area contributed by atoms with Crippen LogP contribution in [-0.4, -0.2) is 17.0 Å². The second-order valence-corrected chi connectivity index (χ2v) is 6.81. The highest BCUT2D eigenvalue weighted by atomic mass is 35.5. The predicted molar refractivity (Wildman–Crippen MR) is 108 cm³/mol. The number of nitrogens with zero attached hydrogens (tertiary/aromatic N) is 3. The normalized spacial score (nSPS) is 12.7. The van der Waals surface area contributed by atoms with Crippen LogP contribution < -0.4 is 5.73 Å². The van der Waals surface area contributed by atoms with Gasteiger partial charge >= 0.3 is 6.18 Å².